The van der Waals surface area contributed by atoms with Crippen LogP contribution in [0.25, 0.3) is 22.0 Å². The molecule has 1 aliphatic carbocycles. The summed E-state index contributed by atoms with van der Waals surface area (Å²) in [5.41, 5.74) is 2.45. The van der Waals surface area contributed by atoms with E-state index in [9.17, 15) is 18.8 Å². The molecule has 0 radical (unpaired) electrons. The second-order valence-electron chi connectivity index (χ2n) is 10.4. The summed E-state index contributed by atoms with van der Waals surface area (Å²) >= 11 is 6.29. The van der Waals surface area contributed by atoms with Crippen molar-refractivity contribution in [2.75, 3.05) is 6.54 Å². The van der Waals surface area contributed by atoms with E-state index in [4.69, 9.17) is 11.6 Å². The number of amides is 1. The molecule has 4 atom stereocenters. The number of fused-ring (bicyclic) bond motifs is 1. The number of alkyl halides is 2. The fourth-order valence-electron chi connectivity index (χ4n) is 5.17. The number of aryl methyl sites for hydroxylation is 1. The largest absolute Gasteiger partial charge is 0.328 e. The molecule has 0 bridgehead atoms. The van der Waals surface area contributed by atoms with E-state index in [1.54, 1.807) is 25.4 Å². The van der Waals surface area contributed by atoms with Crippen molar-refractivity contribution >= 4 is 40.0 Å². The van der Waals surface area contributed by atoms with Crippen molar-refractivity contribution in [2.24, 2.45) is 5.92 Å². The zero-order valence-corrected chi connectivity index (χ0v) is 21.8. The Hall–Kier alpha value is -3.20. The third-order valence-electron chi connectivity index (χ3n) is 7.50. The van der Waals surface area contributed by atoms with Crippen LogP contribution in [0.1, 0.15) is 55.8 Å². The van der Waals surface area contributed by atoms with Gasteiger partial charge >= 0.3 is 0 Å². The highest BCUT2D eigenvalue weighted by atomic mass is 35.5. The summed E-state index contributed by atoms with van der Waals surface area (Å²) < 4.78 is 15.8. The van der Waals surface area contributed by atoms with Crippen LogP contribution in [0.4, 0.5) is 4.39 Å². The number of aromatic nitrogens is 4. The average molecular weight is 526 g/mol. The number of hydrogen-bond donors (Lipinski definition) is 0. The molecule has 1 aromatic carbocycles. The Kier molecular flexibility index (Phi) is 6.60. The van der Waals surface area contributed by atoms with E-state index < -0.39 is 18.1 Å². The minimum atomic E-state index is -1.25. The molecule has 3 heterocycles. The Labute approximate surface area is 219 Å². The van der Waals surface area contributed by atoms with Gasteiger partial charge < -0.3 is 4.90 Å². The highest BCUT2D eigenvalue weighted by Gasteiger charge is 2.48. The summed E-state index contributed by atoms with van der Waals surface area (Å²) in [7, 11) is 0. The van der Waals surface area contributed by atoms with Crippen LogP contribution in [-0.4, -0.2) is 65.8 Å². The Balaban J connectivity index is 1.37. The molecule has 1 saturated heterocycles. The van der Waals surface area contributed by atoms with Crippen molar-refractivity contribution in [1.82, 2.24) is 24.6 Å². The summed E-state index contributed by atoms with van der Waals surface area (Å²) in [4.78, 5) is 48.1. The van der Waals surface area contributed by atoms with Gasteiger partial charge in [0.1, 0.15) is 24.2 Å². The number of ketones is 2. The topological polar surface area (TPSA) is 98.1 Å². The number of Topliss-reactive ketones (excluding diaryl/α,β-unsaturated/α-hetero) is 2. The molecule has 5 rings (SSSR count). The minimum absolute atomic E-state index is 0.00785. The summed E-state index contributed by atoms with van der Waals surface area (Å²) in [5.74, 6) is 0.162. The predicted octanol–water partition coefficient (Wildman–Crippen LogP) is 4.31. The van der Waals surface area contributed by atoms with Crippen molar-refractivity contribution in [3.8, 4) is 11.1 Å². The van der Waals surface area contributed by atoms with Gasteiger partial charge in [0.15, 0.2) is 11.6 Å². The van der Waals surface area contributed by atoms with Gasteiger partial charge in [0.25, 0.3) is 0 Å². The van der Waals surface area contributed by atoms with Crippen LogP contribution in [-0.2, 0) is 16.1 Å². The molecule has 10 heteroatoms. The van der Waals surface area contributed by atoms with Gasteiger partial charge in [-0.15, -0.1) is 11.6 Å². The zero-order chi connectivity index (χ0) is 26.5. The van der Waals surface area contributed by atoms with Gasteiger partial charge in [0, 0.05) is 48.0 Å². The molecular weight excluding hydrogens is 497 g/mol. The van der Waals surface area contributed by atoms with Gasteiger partial charge in [-0.1, -0.05) is 6.07 Å². The summed E-state index contributed by atoms with van der Waals surface area (Å²) in [6.45, 7) is 4.85. The average Bonchev–Trinajstić information content (AvgIpc) is 3.15. The summed E-state index contributed by atoms with van der Waals surface area (Å²) in [5, 5.41) is 5.02. The van der Waals surface area contributed by atoms with E-state index in [1.165, 1.54) is 16.5 Å². The number of carbonyl (C=O) groups excluding carboxylic acids is 3. The SMILES string of the molecule is CC(=O)c1nn(CC(=O)N2C[C@H](F)C[C@H]2C(=O)CCC2CC2(C)Cl)c2ccc(-c3cnc(C)nc3)cc12. The number of nitrogens with zero attached hydrogens (tertiary/aromatic N) is 5. The van der Waals surface area contributed by atoms with E-state index in [0.717, 1.165) is 17.5 Å². The first-order valence-electron chi connectivity index (χ1n) is 12.5. The molecule has 2 aliphatic rings. The third kappa shape index (κ3) is 5.14. The molecule has 1 saturated carbocycles. The van der Waals surface area contributed by atoms with E-state index in [1.807, 2.05) is 19.1 Å². The fourth-order valence-corrected chi connectivity index (χ4v) is 5.47. The zero-order valence-electron chi connectivity index (χ0n) is 21.1. The lowest BCUT2D eigenvalue weighted by atomic mass is 10.0. The van der Waals surface area contributed by atoms with Gasteiger partial charge in [0.2, 0.25) is 5.91 Å². The first-order valence-corrected chi connectivity index (χ1v) is 12.9. The van der Waals surface area contributed by atoms with Gasteiger partial charge in [-0.3, -0.25) is 19.1 Å². The van der Waals surface area contributed by atoms with E-state index in [-0.39, 0.29) is 54.0 Å². The van der Waals surface area contributed by atoms with Crippen LogP contribution < -0.4 is 0 Å². The van der Waals surface area contributed by atoms with Crippen molar-refractivity contribution in [3.05, 3.63) is 42.1 Å². The Morgan fingerprint density at radius 2 is 1.89 bits per heavy atom. The summed E-state index contributed by atoms with van der Waals surface area (Å²) in [6, 6.07) is 4.69. The Morgan fingerprint density at radius 3 is 2.54 bits per heavy atom. The maximum absolute atomic E-state index is 14.4. The number of benzene rings is 1. The Morgan fingerprint density at radius 1 is 1.19 bits per heavy atom. The molecular formula is C27H29ClFN5O3. The third-order valence-corrected chi connectivity index (χ3v) is 7.96. The van der Waals surface area contributed by atoms with Gasteiger partial charge in [-0.05, 0) is 50.3 Å². The molecule has 194 valence electrons. The van der Waals surface area contributed by atoms with Crippen LogP contribution in [0.5, 0.6) is 0 Å². The molecule has 8 nitrogen and oxygen atoms in total. The smallest absolute Gasteiger partial charge is 0.245 e. The van der Waals surface area contributed by atoms with Crippen LogP contribution in [0.3, 0.4) is 0 Å². The molecule has 3 aromatic rings. The molecule has 0 N–H and O–H groups in total. The first kappa shape index (κ1) is 25.4. The van der Waals surface area contributed by atoms with Crippen molar-refractivity contribution in [1.29, 1.82) is 0 Å². The van der Waals surface area contributed by atoms with Crippen LogP contribution in [0.2, 0.25) is 0 Å². The van der Waals surface area contributed by atoms with Crippen LogP contribution in [0.15, 0.2) is 30.6 Å². The highest BCUT2D eigenvalue weighted by Crippen LogP contribution is 2.51. The first-order chi connectivity index (χ1) is 17.5. The highest BCUT2D eigenvalue weighted by molar-refractivity contribution is 6.25. The van der Waals surface area contributed by atoms with Crippen LogP contribution >= 0.6 is 11.6 Å². The maximum Gasteiger partial charge on any atom is 0.245 e. The van der Waals surface area contributed by atoms with Gasteiger partial charge in [0.05, 0.1) is 18.1 Å². The lowest BCUT2D eigenvalue weighted by molar-refractivity contribution is -0.138. The normalized spacial score (nSPS) is 25.0. The molecule has 2 unspecified atom stereocenters. The minimum Gasteiger partial charge on any atom is -0.328 e. The molecule has 1 amide bonds. The second-order valence-corrected chi connectivity index (χ2v) is 11.3. The summed E-state index contributed by atoms with van der Waals surface area (Å²) in [6.07, 6.45) is 3.96. The number of rotatable bonds is 8. The van der Waals surface area contributed by atoms with Crippen molar-refractivity contribution in [3.63, 3.8) is 0 Å². The van der Waals surface area contributed by atoms with Crippen molar-refractivity contribution in [2.45, 2.75) is 70.1 Å². The maximum atomic E-state index is 14.4. The van der Waals surface area contributed by atoms with Crippen molar-refractivity contribution < 1.29 is 18.8 Å². The van der Waals surface area contributed by atoms with E-state index in [2.05, 4.69) is 15.1 Å². The Bertz CT molecular complexity index is 1390. The quantitative estimate of drug-likeness (QED) is 0.321. The second kappa shape index (κ2) is 9.59. The van der Waals surface area contributed by atoms with Gasteiger partial charge in [-0.2, -0.15) is 5.10 Å². The lowest BCUT2D eigenvalue weighted by Gasteiger charge is -2.23. The molecule has 37 heavy (non-hydrogen) atoms. The number of halogens is 2. The fraction of sp³-hybridized carbons (Fsp3) is 0.481. The molecule has 2 fully saturated rings. The van der Waals surface area contributed by atoms with E-state index >= 15 is 0 Å². The lowest BCUT2D eigenvalue weighted by Crippen LogP contribution is -2.42. The number of hydrogen-bond acceptors (Lipinski definition) is 6. The van der Waals surface area contributed by atoms with Crippen LogP contribution in [0, 0.1) is 12.8 Å². The monoisotopic (exact) mass is 525 g/mol. The molecule has 0 spiro atoms. The van der Waals surface area contributed by atoms with E-state index in [0.29, 0.717) is 23.1 Å². The van der Waals surface area contributed by atoms with Gasteiger partial charge in [-0.25, -0.2) is 14.4 Å². The molecule has 1 aliphatic heterocycles. The number of likely N-dealkylation sites (tertiary alicyclic amines) is 1. The standard InChI is InChI=1S/C27H29ClFN5O3/c1-15(35)26-21-8-17(18-11-30-16(2)31-12-18)4-6-22(21)34(32-26)14-25(37)33-13-20(29)9-23(33)24(36)7-5-19-10-27(19,3)28/h4,6,8,11-12,19-20,23H,5,7,9-10,13-14H2,1-3H3/t19?,20-,23+,27?/m1/s1. The predicted molar refractivity (Wildman–Crippen MR) is 137 cm³/mol. The molecule has 2 aromatic heterocycles. The number of carbonyl (C=O) groups is 3.